The number of fused-ring (bicyclic) bond motifs is 1. The fraction of sp³-hybridized carbons (Fsp3) is 0.545. The van der Waals surface area contributed by atoms with Gasteiger partial charge in [-0.05, 0) is 51.8 Å². The van der Waals surface area contributed by atoms with Crippen LogP contribution in [-0.4, -0.2) is 42.0 Å². The van der Waals surface area contributed by atoms with Crippen LogP contribution < -0.4 is 20.1 Å². The van der Waals surface area contributed by atoms with Crippen molar-refractivity contribution in [1.29, 1.82) is 0 Å². The number of guanidine groups is 1. The highest BCUT2D eigenvalue weighted by Crippen LogP contribution is 2.35. The second kappa shape index (κ2) is 10.9. The zero-order valence-corrected chi connectivity index (χ0v) is 21.2. The van der Waals surface area contributed by atoms with Gasteiger partial charge >= 0.3 is 0 Å². The van der Waals surface area contributed by atoms with Crippen molar-refractivity contribution in [2.24, 2.45) is 12.0 Å². The molecule has 166 valence electrons. The van der Waals surface area contributed by atoms with Crippen molar-refractivity contribution in [1.82, 2.24) is 20.4 Å². The Morgan fingerprint density at radius 2 is 2.10 bits per heavy atom. The Bertz CT molecular complexity index is 894. The first-order chi connectivity index (χ1) is 13.9. The van der Waals surface area contributed by atoms with Crippen LogP contribution in [0.1, 0.15) is 41.9 Å². The Hall–Kier alpha value is -1.97. The topological polar surface area (TPSA) is 72.7 Å². The third-order valence-electron chi connectivity index (χ3n) is 5.38. The van der Waals surface area contributed by atoms with Gasteiger partial charge in [-0.1, -0.05) is 0 Å². The van der Waals surface area contributed by atoms with Crippen LogP contribution in [-0.2, 0) is 26.4 Å². The molecule has 0 amide bonds. The number of nitrogens with zero attached hydrogens (tertiary/aromatic N) is 3. The van der Waals surface area contributed by atoms with E-state index < -0.39 is 0 Å². The first-order valence-corrected chi connectivity index (χ1v) is 10.3. The Morgan fingerprint density at radius 3 is 2.73 bits per heavy atom. The molecule has 2 aromatic rings. The number of rotatable bonds is 7. The Balaban J connectivity index is 0.00000320. The lowest BCUT2D eigenvalue weighted by Gasteiger charge is -2.16. The molecule has 8 heteroatoms. The maximum absolute atomic E-state index is 5.91. The van der Waals surface area contributed by atoms with Crippen molar-refractivity contribution < 1.29 is 9.47 Å². The number of hydrogen-bond donors (Lipinski definition) is 2. The Kier molecular flexibility index (Phi) is 8.81. The first kappa shape index (κ1) is 24.3. The SMILES string of the molecule is CCOc1cc2c(cc1CNC(=NC)NCCc1c(C)nn(C)c1C)OC(C)C2.I. The molecule has 1 aliphatic heterocycles. The van der Waals surface area contributed by atoms with E-state index in [9.17, 15) is 0 Å². The monoisotopic (exact) mass is 527 g/mol. The van der Waals surface area contributed by atoms with Crippen molar-refractivity contribution in [3.8, 4) is 11.5 Å². The van der Waals surface area contributed by atoms with Crippen molar-refractivity contribution >= 4 is 29.9 Å². The van der Waals surface area contributed by atoms with Crippen LogP contribution >= 0.6 is 24.0 Å². The third-order valence-corrected chi connectivity index (χ3v) is 5.38. The highest BCUT2D eigenvalue weighted by atomic mass is 127. The molecule has 7 nitrogen and oxygen atoms in total. The van der Waals surface area contributed by atoms with Crippen molar-refractivity contribution in [2.45, 2.75) is 53.2 Å². The van der Waals surface area contributed by atoms with Gasteiger partial charge in [0.25, 0.3) is 0 Å². The summed E-state index contributed by atoms with van der Waals surface area (Å²) in [7, 11) is 3.77. The molecule has 1 aliphatic rings. The second-order valence-corrected chi connectivity index (χ2v) is 7.51. The van der Waals surface area contributed by atoms with Gasteiger partial charge in [-0.2, -0.15) is 5.10 Å². The van der Waals surface area contributed by atoms with Gasteiger partial charge in [0.15, 0.2) is 5.96 Å². The first-order valence-electron chi connectivity index (χ1n) is 10.3. The van der Waals surface area contributed by atoms with Crippen LogP contribution in [0.2, 0.25) is 0 Å². The molecule has 0 spiro atoms. The van der Waals surface area contributed by atoms with E-state index in [4.69, 9.17) is 9.47 Å². The van der Waals surface area contributed by atoms with E-state index in [0.717, 1.165) is 48.1 Å². The minimum atomic E-state index is 0. The summed E-state index contributed by atoms with van der Waals surface area (Å²) < 4.78 is 13.7. The molecule has 3 rings (SSSR count). The van der Waals surface area contributed by atoms with E-state index in [1.807, 2.05) is 18.7 Å². The zero-order chi connectivity index (χ0) is 21.0. The summed E-state index contributed by atoms with van der Waals surface area (Å²) >= 11 is 0. The van der Waals surface area contributed by atoms with E-state index in [0.29, 0.717) is 13.2 Å². The molecular weight excluding hydrogens is 493 g/mol. The number of nitrogens with one attached hydrogen (secondary N) is 2. The Morgan fingerprint density at radius 1 is 1.33 bits per heavy atom. The van der Waals surface area contributed by atoms with Crippen LogP contribution in [0.5, 0.6) is 11.5 Å². The quantitative estimate of drug-likeness (QED) is 0.329. The predicted octanol–water partition coefficient (Wildman–Crippen LogP) is 3.28. The van der Waals surface area contributed by atoms with Crippen LogP contribution in [0.25, 0.3) is 0 Å². The fourth-order valence-electron chi connectivity index (χ4n) is 3.79. The lowest BCUT2D eigenvalue weighted by Crippen LogP contribution is -2.38. The summed E-state index contributed by atoms with van der Waals surface area (Å²) in [5.74, 6) is 2.64. The second-order valence-electron chi connectivity index (χ2n) is 7.51. The molecule has 30 heavy (non-hydrogen) atoms. The number of benzene rings is 1. The van der Waals surface area contributed by atoms with Gasteiger partial charge in [-0.25, -0.2) is 0 Å². The summed E-state index contributed by atoms with van der Waals surface area (Å²) in [6, 6.07) is 4.20. The van der Waals surface area contributed by atoms with Gasteiger partial charge in [0.05, 0.1) is 12.3 Å². The summed E-state index contributed by atoms with van der Waals surface area (Å²) in [5.41, 5.74) is 5.87. The van der Waals surface area contributed by atoms with E-state index in [1.54, 1.807) is 7.05 Å². The van der Waals surface area contributed by atoms with E-state index in [2.05, 4.69) is 53.6 Å². The number of aryl methyl sites for hydroxylation is 2. The van der Waals surface area contributed by atoms with Gasteiger partial charge in [0.2, 0.25) is 0 Å². The maximum Gasteiger partial charge on any atom is 0.191 e. The van der Waals surface area contributed by atoms with Gasteiger partial charge in [0, 0.05) is 50.4 Å². The van der Waals surface area contributed by atoms with Crippen molar-refractivity contribution in [3.63, 3.8) is 0 Å². The number of aliphatic imine (C=N–C) groups is 1. The van der Waals surface area contributed by atoms with Crippen LogP contribution in [0, 0.1) is 13.8 Å². The average Bonchev–Trinajstić information content (AvgIpc) is 3.16. The summed E-state index contributed by atoms with van der Waals surface area (Å²) in [6.07, 6.45) is 2.05. The van der Waals surface area contributed by atoms with Crippen LogP contribution in [0.15, 0.2) is 17.1 Å². The molecule has 1 aromatic carbocycles. The van der Waals surface area contributed by atoms with Gasteiger partial charge < -0.3 is 20.1 Å². The molecule has 0 aliphatic carbocycles. The van der Waals surface area contributed by atoms with E-state index in [-0.39, 0.29) is 30.1 Å². The number of hydrogen-bond acceptors (Lipinski definition) is 4. The molecule has 1 unspecified atom stereocenters. The molecule has 0 radical (unpaired) electrons. The lowest BCUT2D eigenvalue weighted by molar-refractivity contribution is 0.254. The van der Waals surface area contributed by atoms with Gasteiger partial charge in [0.1, 0.15) is 17.6 Å². The number of ether oxygens (including phenoxy) is 2. The Labute approximate surface area is 196 Å². The van der Waals surface area contributed by atoms with E-state index >= 15 is 0 Å². The molecule has 2 N–H and O–H groups in total. The molecule has 0 bridgehead atoms. The molecule has 0 fully saturated rings. The minimum Gasteiger partial charge on any atom is -0.494 e. The minimum absolute atomic E-state index is 0. The molecule has 0 saturated heterocycles. The summed E-state index contributed by atoms with van der Waals surface area (Å²) in [4.78, 5) is 4.35. The summed E-state index contributed by atoms with van der Waals surface area (Å²) in [5, 5.41) is 11.3. The highest BCUT2D eigenvalue weighted by molar-refractivity contribution is 14.0. The normalized spacial score (nSPS) is 15.3. The largest absolute Gasteiger partial charge is 0.494 e. The molecule has 1 aromatic heterocycles. The van der Waals surface area contributed by atoms with Gasteiger partial charge in [-0.3, -0.25) is 9.67 Å². The molecule has 0 saturated carbocycles. The third kappa shape index (κ3) is 5.59. The van der Waals surface area contributed by atoms with Gasteiger partial charge in [-0.15, -0.1) is 24.0 Å². The fourth-order valence-corrected chi connectivity index (χ4v) is 3.79. The standard InChI is InChI=1S/C22H33N5O2.HI/c1-7-28-20-11-17-10-14(2)29-21(17)12-18(20)13-25-22(23-5)24-9-8-19-15(3)26-27(6)16(19)4;/h11-12,14H,7-10,13H2,1-6H3,(H2,23,24,25);1H. The predicted molar refractivity (Wildman–Crippen MR) is 131 cm³/mol. The summed E-state index contributed by atoms with van der Waals surface area (Å²) in [6.45, 7) is 10.3. The molecule has 2 heterocycles. The molecular formula is C22H34IN5O2. The van der Waals surface area contributed by atoms with Crippen molar-refractivity contribution in [2.75, 3.05) is 20.2 Å². The molecule has 1 atom stereocenters. The van der Waals surface area contributed by atoms with Crippen LogP contribution in [0.3, 0.4) is 0 Å². The smallest absolute Gasteiger partial charge is 0.191 e. The van der Waals surface area contributed by atoms with E-state index in [1.165, 1.54) is 16.8 Å². The average molecular weight is 527 g/mol. The lowest BCUT2D eigenvalue weighted by atomic mass is 10.1. The van der Waals surface area contributed by atoms with Crippen molar-refractivity contribution in [3.05, 3.63) is 40.2 Å². The van der Waals surface area contributed by atoms with Crippen LogP contribution in [0.4, 0.5) is 0 Å². The highest BCUT2D eigenvalue weighted by Gasteiger charge is 2.22. The maximum atomic E-state index is 5.91. The number of aromatic nitrogens is 2. The zero-order valence-electron chi connectivity index (χ0n) is 18.8. The number of halogens is 1.